The molecule has 1 aromatic rings. The Bertz CT molecular complexity index is 240. The van der Waals surface area contributed by atoms with Gasteiger partial charge in [0.05, 0.1) is 6.17 Å². The number of rotatable bonds is 3. The SMILES string of the molecule is CCC(N(C)C)n1ccnc1C. The van der Waals surface area contributed by atoms with Crippen molar-refractivity contribution < 1.29 is 0 Å². The van der Waals surface area contributed by atoms with Crippen LogP contribution < -0.4 is 0 Å². The molecule has 0 aromatic carbocycles. The lowest BCUT2D eigenvalue weighted by Crippen LogP contribution is -2.25. The number of hydrogen-bond acceptors (Lipinski definition) is 2. The van der Waals surface area contributed by atoms with Gasteiger partial charge in [-0.05, 0) is 27.4 Å². The van der Waals surface area contributed by atoms with Crippen LogP contribution in [0.4, 0.5) is 0 Å². The first kappa shape index (κ1) is 9.26. The molecule has 0 radical (unpaired) electrons. The molecular formula is C9H17N3. The van der Waals surface area contributed by atoms with E-state index in [-0.39, 0.29) is 0 Å². The summed E-state index contributed by atoms with van der Waals surface area (Å²) in [4.78, 5) is 6.41. The Hall–Kier alpha value is -0.830. The third-order valence-electron chi connectivity index (χ3n) is 2.14. The van der Waals surface area contributed by atoms with Crippen molar-refractivity contribution in [3.63, 3.8) is 0 Å². The zero-order valence-electron chi connectivity index (χ0n) is 8.28. The van der Waals surface area contributed by atoms with Crippen molar-refractivity contribution in [2.45, 2.75) is 26.4 Å². The number of nitrogens with zero attached hydrogens (tertiary/aromatic N) is 3. The van der Waals surface area contributed by atoms with Crippen LogP contribution in [0.15, 0.2) is 12.4 Å². The lowest BCUT2D eigenvalue weighted by atomic mass is 10.3. The summed E-state index contributed by atoms with van der Waals surface area (Å²) in [5.41, 5.74) is 0. The molecule has 3 nitrogen and oxygen atoms in total. The monoisotopic (exact) mass is 167 g/mol. The average Bonchev–Trinajstić information content (AvgIpc) is 2.38. The van der Waals surface area contributed by atoms with Crippen molar-refractivity contribution in [3.8, 4) is 0 Å². The van der Waals surface area contributed by atoms with Crippen molar-refractivity contribution in [1.29, 1.82) is 0 Å². The zero-order valence-corrected chi connectivity index (χ0v) is 8.28. The highest BCUT2D eigenvalue weighted by Crippen LogP contribution is 2.14. The van der Waals surface area contributed by atoms with Crippen LogP contribution in [-0.2, 0) is 0 Å². The molecule has 1 aromatic heterocycles. The minimum atomic E-state index is 0.437. The minimum Gasteiger partial charge on any atom is -0.319 e. The second kappa shape index (κ2) is 3.72. The molecule has 0 saturated heterocycles. The molecule has 1 unspecified atom stereocenters. The predicted molar refractivity (Wildman–Crippen MR) is 50.0 cm³/mol. The first-order valence-electron chi connectivity index (χ1n) is 4.32. The first-order chi connectivity index (χ1) is 5.66. The summed E-state index contributed by atoms with van der Waals surface area (Å²) in [6.07, 6.45) is 5.42. The average molecular weight is 167 g/mol. The van der Waals surface area contributed by atoms with Gasteiger partial charge in [0.2, 0.25) is 0 Å². The van der Waals surface area contributed by atoms with Crippen molar-refractivity contribution in [3.05, 3.63) is 18.2 Å². The molecule has 0 spiro atoms. The molecule has 0 fully saturated rings. The molecule has 1 rings (SSSR count). The number of aromatic nitrogens is 2. The second-order valence-corrected chi connectivity index (χ2v) is 3.23. The molecule has 68 valence electrons. The molecule has 12 heavy (non-hydrogen) atoms. The number of imidazole rings is 1. The van der Waals surface area contributed by atoms with Crippen LogP contribution in [0, 0.1) is 6.92 Å². The number of hydrogen-bond donors (Lipinski definition) is 0. The summed E-state index contributed by atoms with van der Waals surface area (Å²) in [6, 6.07) is 0. The van der Waals surface area contributed by atoms with Gasteiger partial charge in [0.1, 0.15) is 5.82 Å². The Morgan fingerprint density at radius 3 is 2.58 bits per heavy atom. The van der Waals surface area contributed by atoms with E-state index in [0.29, 0.717) is 6.17 Å². The van der Waals surface area contributed by atoms with Crippen LogP contribution in [0.25, 0.3) is 0 Å². The van der Waals surface area contributed by atoms with Gasteiger partial charge in [-0.15, -0.1) is 0 Å². The summed E-state index contributed by atoms with van der Waals surface area (Å²) in [5, 5.41) is 0. The van der Waals surface area contributed by atoms with Crippen LogP contribution in [0.3, 0.4) is 0 Å². The third-order valence-corrected chi connectivity index (χ3v) is 2.14. The highest BCUT2D eigenvalue weighted by Gasteiger charge is 2.11. The van der Waals surface area contributed by atoms with Gasteiger partial charge < -0.3 is 4.57 Å². The minimum absolute atomic E-state index is 0.437. The molecule has 0 N–H and O–H groups in total. The summed E-state index contributed by atoms with van der Waals surface area (Å²) in [5.74, 6) is 1.08. The maximum absolute atomic E-state index is 4.20. The summed E-state index contributed by atoms with van der Waals surface area (Å²) in [6.45, 7) is 4.22. The Morgan fingerprint density at radius 1 is 1.58 bits per heavy atom. The van der Waals surface area contributed by atoms with E-state index < -0.39 is 0 Å². The van der Waals surface area contributed by atoms with E-state index in [1.54, 1.807) is 0 Å². The highest BCUT2D eigenvalue weighted by molar-refractivity contribution is 4.91. The van der Waals surface area contributed by atoms with Gasteiger partial charge in [-0.1, -0.05) is 6.92 Å². The van der Waals surface area contributed by atoms with E-state index in [1.807, 2.05) is 19.3 Å². The molecule has 0 amide bonds. The van der Waals surface area contributed by atoms with Crippen molar-refractivity contribution in [1.82, 2.24) is 14.5 Å². The second-order valence-electron chi connectivity index (χ2n) is 3.23. The van der Waals surface area contributed by atoms with Gasteiger partial charge in [0.25, 0.3) is 0 Å². The van der Waals surface area contributed by atoms with Crippen LogP contribution in [0.5, 0.6) is 0 Å². The quantitative estimate of drug-likeness (QED) is 0.682. The molecule has 1 atom stereocenters. The summed E-state index contributed by atoms with van der Waals surface area (Å²) in [7, 11) is 4.18. The fourth-order valence-electron chi connectivity index (χ4n) is 1.51. The third kappa shape index (κ3) is 1.67. The smallest absolute Gasteiger partial charge is 0.106 e. The lowest BCUT2D eigenvalue weighted by molar-refractivity contribution is 0.207. The van der Waals surface area contributed by atoms with Crippen molar-refractivity contribution >= 4 is 0 Å². The van der Waals surface area contributed by atoms with Gasteiger partial charge >= 0.3 is 0 Å². The first-order valence-corrected chi connectivity index (χ1v) is 4.32. The van der Waals surface area contributed by atoms with Gasteiger partial charge in [0, 0.05) is 12.4 Å². The molecule has 0 saturated carbocycles. The van der Waals surface area contributed by atoms with E-state index in [9.17, 15) is 0 Å². The van der Waals surface area contributed by atoms with Gasteiger partial charge in [-0.25, -0.2) is 4.98 Å². The molecule has 0 bridgehead atoms. The van der Waals surface area contributed by atoms with Crippen LogP contribution in [-0.4, -0.2) is 28.5 Å². The normalized spacial score (nSPS) is 13.8. The Kier molecular flexibility index (Phi) is 2.87. The van der Waals surface area contributed by atoms with Gasteiger partial charge in [-0.3, -0.25) is 4.90 Å². The van der Waals surface area contributed by atoms with Gasteiger partial charge in [-0.2, -0.15) is 0 Å². The molecule has 1 heterocycles. The maximum atomic E-state index is 4.20. The van der Waals surface area contributed by atoms with Crippen molar-refractivity contribution in [2.75, 3.05) is 14.1 Å². The fraction of sp³-hybridized carbons (Fsp3) is 0.667. The topological polar surface area (TPSA) is 21.1 Å². The fourth-order valence-corrected chi connectivity index (χ4v) is 1.51. The van der Waals surface area contributed by atoms with E-state index in [1.165, 1.54) is 0 Å². The highest BCUT2D eigenvalue weighted by atomic mass is 15.3. The van der Waals surface area contributed by atoms with E-state index >= 15 is 0 Å². The largest absolute Gasteiger partial charge is 0.319 e. The van der Waals surface area contributed by atoms with E-state index in [0.717, 1.165) is 12.2 Å². The molecule has 0 aliphatic rings. The maximum Gasteiger partial charge on any atom is 0.106 e. The van der Waals surface area contributed by atoms with Crippen LogP contribution >= 0.6 is 0 Å². The van der Waals surface area contributed by atoms with E-state index in [4.69, 9.17) is 0 Å². The zero-order chi connectivity index (χ0) is 9.14. The lowest BCUT2D eigenvalue weighted by Gasteiger charge is -2.25. The standard InChI is InChI=1S/C9H17N3/c1-5-9(11(3)4)12-7-6-10-8(12)2/h6-7,9H,5H2,1-4H3. The molecule has 0 aliphatic heterocycles. The van der Waals surface area contributed by atoms with Gasteiger partial charge in [0.15, 0.2) is 0 Å². The molecule has 0 aliphatic carbocycles. The van der Waals surface area contributed by atoms with Crippen LogP contribution in [0.2, 0.25) is 0 Å². The van der Waals surface area contributed by atoms with Crippen molar-refractivity contribution in [2.24, 2.45) is 0 Å². The molecular weight excluding hydrogens is 150 g/mol. The number of aryl methyl sites for hydroxylation is 1. The Morgan fingerprint density at radius 2 is 2.25 bits per heavy atom. The Balaban J connectivity index is 2.87. The predicted octanol–water partition coefficient (Wildman–Crippen LogP) is 1.66. The summed E-state index contributed by atoms with van der Waals surface area (Å²) >= 11 is 0. The van der Waals surface area contributed by atoms with Crippen LogP contribution in [0.1, 0.15) is 25.3 Å². The molecule has 3 heteroatoms. The van der Waals surface area contributed by atoms with E-state index in [2.05, 4.69) is 35.5 Å². The Labute approximate surface area is 74.0 Å². The summed E-state index contributed by atoms with van der Waals surface area (Å²) < 4.78 is 2.19.